The van der Waals surface area contributed by atoms with Gasteiger partial charge in [-0.2, -0.15) is 0 Å². The van der Waals surface area contributed by atoms with Gasteiger partial charge in [-0.05, 0) is 55.0 Å². The van der Waals surface area contributed by atoms with Crippen LogP contribution < -0.4 is 0 Å². The molecule has 1 atom stereocenters. The third-order valence-electron chi connectivity index (χ3n) is 7.12. The predicted octanol–water partition coefficient (Wildman–Crippen LogP) is 5.84. The lowest BCUT2D eigenvalue weighted by Crippen LogP contribution is -2.50. The van der Waals surface area contributed by atoms with E-state index in [0.717, 1.165) is 43.9 Å². The van der Waals surface area contributed by atoms with Gasteiger partial charge in [-0.3, -0.25) is 9.69 Å². The Kier molecular flexibility index (Phi) is 7.86. The molecular formula is C30H37N3O2. The van der Waals surface area contributed by atoms with Crippen molar-refractivity contribution in [2.45, 2.75) is 53.0 Å². The van der Waals surface area contributed by atoms with Crippen molar-refractivity contribution in [2.24, 2.45) is 0 Å². The van der Waals surface area contributed by atoms with Crippen molar-refractivity contribution in [3.63, 3.8) is 0 Å². The fourth-order valence-corrected chi connectivity index (χ4v) is 5.42. The van der Waals surface area contributed by atoms with Crippen LogP contribution in [0.25, 0.3) is 16.8 Å². The van der Waals surface area contributed by atoms with E-state index in [4.69, 9.17) is 4.42 Å². The molecule has 0 radical (unpaired) electrons. The lowest BCUT2D eigenvalue weighted by molar-refractivity contribution is -0.119. The molecule has 1 aromatic heterocycles. The fraction of sp³-hybridized carbons (Fsp3) is 0.400. The first-order valence-electron chi connectivity index (χ1n) is 12.6. The van der Waals surface area contributed by atoms with Crippen LogP contribution in [0, 0.1) is 20.8 Å². The van der Waals surface area contributed by atoms with Crippen LogP contribution in [0.5, 0.6) is 0 Å². The zero-order valence-corrected chi connectivity index (χ0v) is 21.5. The molecule has 35 heavy (non-hydrogen) atoms. The highest BCUT2D eigenvalue weighted by Gasteiger charge is 2.26. The molecule has 1 aliphatic rings. The number of rotatable bonds is 9. The summed E-state index contributed by atoms with van der Waals surface area (Å²) in [5, 5.41) is 0. The number of Topliss-reactive ketones (excluding diaryl/α,β-unsaturated/α-hetero) is 1. The molecular weight excluding hydrogens is 434 g/mol. The molecule has 1 unspecified atom stereocenters. The maximum atomic E-state index is 13.1. The standard InChI is InChI=1S/C30H37N3O2/c1-6-27(33-13-11-32(12-14-33)24(5)30-31-10-15-35-30)20-28(34)19-25-8-7-9-26(18-25)29-22(3)16-21(2)17-23(29)4/h7-10,15-18,27H,5-6,11-14,19-20H2,1-4H3. The number of hydrogen-bond acceptors (Lipinski definition) is 5. The minimum Gasteiger partial charge on any atom is -0.443 e. The van der Waals surface area contributed by atoms with Crippen molar-refractivity contribution in [1.82, 2.24) is 14.8 Å². The molecule has 1 saturated heterocycles. The maximum absolute atomic E-state index is 13.1. The number of ketones is 1. The summed E-state index contributed by atoms with van der Waals surface area (Å²) >= 11 is 0. The summed E-state index contributed by atoms with van der Waals surface area (Å²) in [4.78, 5) is 22.0. The number of piperazine rings is 1. The molecule has 5 nitrogen and oxygen atoms in total. The number of oxazole rings is 1. The summed E-state index contributed by atoms with van der Waals surface area (Å²) in [5.74, 6) is 0.886. The van der Waals surface area contributed by atoms with Crippen LogP contribution in [0.3, 0.4) is 0 Å². The molecule has 2 heterocycles. The van der Waals surface area contributed by atoms with Gasteiger partial charge in [-0.15, -0.1) is 0 Å². The number of aromatic nitrogens is 1. The normalized spacial score (nSPS) is 15.3. The Labute approximate surface area is 209 Å². The first-order chi connectivity index (χ1) is 16.9. The van der Waals surface area contributed by atoms with E-state index in [9.17, 15) is 4.79 Å². The van der Waals surface area contributed by atoms with Gasteiger partial charge in [0.15, 0.2) is 0 Å². The second-order valence-corrected chi connectivity index (χ2v) is 9.76. The van der Waals surface area contributed by atoms with E-state index < -0.39 is 0 Å². The molecule has 0 aliphatic carbocycles. The SMILES string of the molecule is C=C(c1ncco1)N1CCN(C(CC)CC(=O)Cc2cccc(-c3c(C)cc(C)cc3C)c2)CC1. The van der Waals surface area contributed by atoms with E-state index >= 15 is 0 Å². The third kappa shape index (κ3) is 5.91. The molecule has 4 rings (SSSR count). The Morgan fingerprint density at radius 3 is 2.43 bits per heavy atom. The van der Waals surface area contributed by atoms with E-state index in [1.165, 1.54) is 27.8 Å². The van der Waals surface area contributed by atoms with Gasteiger partial charge in [0.05, 0.1) is 11.9 Å². The van der Waals surface area contributed by atoms with Gasteiger partial charge in [0, 0.05) is 45.1 Å². The lowest BCUT2D eigenvalue weighted by Gasteiger charge is -2.40. The second-order valence-electron chi connectivity index (χ2n) is 9.76. The lowest BCUT2D eigenvalue weighted by atomic mass is 9.92. The minimum atomic E-state index is 0.268. The van der Waals surface area contributed by atoms with E-state index in [2.05, 4.69) is 85.5 Å². The van der Waals surface area contributed by atoms with Crippen molar-refractivity contribution in [2.75, 3.05) is 26.2 Å². The summed E-state index contributed by atoms with van der Waals surface area (Å²) in [6, 6.07) is 13.2. The van der Waals surface area contributed by atoms with Crippen molar-refractivity contribution < 1.29 is 9.21 Å². The zero-order valence-electron chi connectivity index (χ0n) is 21.5. The Morgan fingerprint density at radius 1 is 1.09 bits per heavy atom. The number of nitrogens with zero attached hydrogens (tertiary/aromatic N) is 3. The molecule has 184 valence electrons. The average molecular weight is 472 g/mol. The molecule has 0 N–H and O–H groups in total. The van der Waals surface area contributed by atoms with Gasteiger partial charge in [-0.25, -0.2) is 4.98 Å². The molecule has 0 spiro atoms. The smallest absolute Gasteiger partial charge is 0.242 e. The number of benzene rings is 2. The molecule has 2 aromatic carbocycles. The third-order valence-corrected chi connectivity index (χ3v) is 7.12. The van der Waals surface area contributed by atoms with Crippen molar-refractivity contribution in [3.8, 4) is 11.1 Å². The van der Waals surface area contributed by atoms with Crippen LogP contribution in [0.4, 0.5) is 0 Å². The van der Waals surface area contributed by atoms with E-state index in [-0.39, 0.29) is 6.04 Å². The first-order valence-corrected chi connectivity index (χ1v) is 12.6. The summed E-state index contributed by atoms with van der Waals surface area (Å²) in [6.45, 7) is 16.3. The zero-order chi connectivity index (χ0) is 24.9. The van der Waals surface area contributed by atoms with Crippen LogP contribution in [0.1, 0.15) is 47.9 Å². The highest BCUT2D eigenvalue weighted by Crippen LogP contribution is 2.29. The summed E-state index contributed by atoms with van der Waals surface area (Å²) in [6.07, 6.45) is 5.26. The predicted molar refractivity (Wildman–Crippen MR) is 142 cm³/mol. The van der Waals surface area contributed by atoms with E-state index in [1.807, 2.05) is 0 Å². The summed E-state index contributed by atoms with van der Waals surface area (Å²) < 4.78 is 5.40. The van der Waals surface area contributed by atoms with E-state index in [0.29, 0.717) is 24.5 Å². The van der Waals surface area contributed by atoms with Gasteiger partial charge >= 0.3 is 0 Å². The Bertz CT molecular complexity index is 1150. The van der Waals surface area contributed by atoms with Gasteiger partial charge < -0.3 is 9.32 Å². The largest absolute Gasteiger partial charge is 0.443 e. The maximum Gasteiger partial charge on any atom is 0.242 e. The summed E-state index contributed by atoms with van der Waals surface area (Å²) in [5.41, 5.74) is 8.23. The Balaban J connectivity index is 1.36. The number of carbonyl (C=O) groups excluding carboxylic acids is 1. The molecule has 1 fully saturated rings. The fourth-order valence-electron chi connectivity index (χ4n) is 5.42. The van der Waals surface area contributed by atoms with Gasteiger partial charge in [0.1, 0.15) is 12.0 Å². The topological polar surface area (TPSA) is 49.6 Å². The van der Waals surface area contributed by atoms with Gasteiger partial charge in [-0.1, -0.05) is 55.5 Å². The van der Waals surface area contributed by atoms with Crippen molar-refractivity contribution in [3.05, 3.63) is 83.6 Å². The molecule has 3 aromatic rings. The van der Waals surface area contributed by atoms with Crippen LogP contribution in [0.15, 0.2) is 59.9 Å². The molecule has 0 saturated carbocycles. The molecule has 1 aliphatic heterocycles. The molecule has 5 heteroatoms. The molecule has 0 bridgehead atoms. The minimum absolute atomic E-state index is 0.268. The number of hydrogen-bond donors (Lipinski definition) is 0. The van der Waals surface area contributed by atoms with E-state index in [1.54, 1.807) is 12.5 Å². The van der Waals surface area contributed by atoms with Crippen LogP contribution in [-0.2, 0) is 11.2 Å². The highest BCUT2D eigenvalue weighted by molar-refractivity contribution is 5.82. The highest BCUT2D eigenvalue weighted by atomic mass is 16.3. The van der Waals surface area contributed by atoms with Gasteiger partial charge in [0.2, 0.25) is 5.89 Å². The first kappa shape index (κ1) is 24.9. The van der Waals surface area contributed by atoms with Crippen LogP contribution in [0.2, 0.25) is 0 Å². The van der Waals surface area contributed by atoms with Crippen molar-refractivity contribution in [1.29, 1.82) is 0 Å². The number of carbonyl (C=O) groups is 1. The monoisotopic (exact) mass is 471 g/mol. The quantitative estimate of drug-likeness (QED) is 0.393. The second kappa shape index (κ2) is 11.0. The van der Waals surface area contributed by atoms with Gasteiger partial charge in [0.25, 0.3) is 0 Å². The number of aryl methyl sites for hydroxylation is 3. The Hall–Kier alpha value is -3.18. The average Bonchev–Trinajstić information content (AvgIpc) is 3.37. The van der Waals surface area contributed by atoms with Crippen LogP contribution >= 0.6 is 0 Å². The summed E-state index contributed by atoms with van der Waals surface area (Å²) in [7, 11) is 0. The Morgan fingerprint density at radius 2 is 1.80 bits per heavy atom. The van der Waals surface area contributed by atoms with Crippen LogP contribution in [-0.4, -0.2) is 52.8 Å². The van der Waals surface area contributed by atoms with Crippen molar-refractivity contribution >= 4 is 11.5 Å². The molecule has 0 amide bonds.